The molecular weight excluding hydrogens is 446 g/mol. The van der Waals surface area contributed by atoms with Crippen molar-refractivity contribution in [3.63, 3.8) is 0 Å². The molecule has 1 heteroatoms. The summed E-state index contributed by atoms with van der Waals surface area (Å²) < 4.78 is 0. The van der Waals surface area contributed by atoms with Gasteiger partial charge < -0.3 is 4.90 Å². The minimum absolute atomic E-state index is 0.286. The van der Waals surface area contributed by atoms with Crippen molar-refractivity contribution in [2.45, 2.75) is 12.3 Å². The van der Waals surface area contributed by atoms with Gasteiger partial charge in [0, 0.05) is 23.0 Å². The maximum absolute atomic E-state index is 2.42. The molecule has 0 spiro atoms. The van der Waals surface area contributed by atoms with Crippen LogP contribution >= 0.6 is 0 Å². The van der Waals surface area contributed by atoms with Crippen LogP contribution < -0.4 is 4.90 Å². The van der Waals surface area contributed by atoms with Gasteiger partial charge in [-0.15, -0.1) is 0 Å². The lowest BCUT2D eigenvalue weighted by molar-refractivity contribution is 0.774. The molecule has 6 rings (SSSR count). The molecule has 0 aliphatic heterocycles. The van der Waals surface area contributed by atoms with Gasteiger partial charge in [-0.3, -0.25) is 0 Å². The Balaban J connectivity index is 1.43. The molecule has 0 amide bonds. The normalized spacial score (nSPS) is 14.7. The quantitative estimate of drug-likeness (QED) is 0.236. The number of allylic oxidation sites excluding steroid dienone is 4. The maximum atomic E-state index is 2.42. The molecule has 0 N–H and O–H groups in total. The molecular formula is C36H29N. The van der Waals surface area contributed by atoms with Crippen molar-refractivity contribution in [1.29, 1.82) is 0 Å². The molecule has 0 bridgehead atoms. The van der Waals surface area contributed by atoms with Crippen LogP contribution in [0.3, 0.4) is 0 Å². The topological polar surface area (TPSA) is 3.24 Å². The fourth-order valence-electron chi connectivity index (χ4n) is 5.16. The van der Waals surface area contributed by atoms with E-state index in [4.69, 9.17) is 0 Å². The Morgan fingerprint density at radius 2 is 0.892 bits per heavy atom. The van der Waals surface area contributed by atoms with Crippen molar-refractivity contribution >= 4 is 11.4 Å². The molecule has 0 saturated heterocycles. The summed E-state index contributed by atoms with van der Waals surface area (Å²) in [6.45, 7) is 0. The SMILES string of the molecule is C1=CCC(c2ccccc2)C(N(c2ccc(-c3ccccc3)cc2)c2ccc(-c3ccccc3)cc2)=C1. The number of benzene rings is 5. The van der Waals surface area contributed by atoms with E-state index < -0.39 is 0 Å². The molecule has 0 heterocycles. The maximum Gasteiger partial charge on any atom is 0.0459 e. The molecule has 0 radical (unpaired) electrons. The van der Waals surface area contributed by atoms with E-state index in [0.29, 0.717) is 0 Å². The lowest BCUT2D eigenvalue weighted by Crippen LogP contribution is -2.23. The van der Waals surface area contributed by atoms with Crippen LogP contribution in [0.2, 0.25) is 0 Å². The zero-order valence-electron chi connectivity index (χ0n) is 20.7. The number of anilines is 2. The van der Waals surface area contributed by atoms with Gasteiger partial charge in [0.15, 0.2) is 0 Å². The van der Waals surface area contributed by atoms with Crippen LogP contribution in [0.1, 0.15) is 17.9 Å². The number of nitrogens with zero attached hydrogens (tertiary/aromatic N) is 1. The van der Waals surface area contributed by atoms with Gasteiger partial charge in [-0.2, -0.15) is 0 Å². The predicted octanol–water partition coefficient (Wildman–Crippen LogP) is 9.79. The summed E-state index contributed by atoms with van der Waals surface area (Å²) in [5, 5.41) is 0. The van der Waals surface area contributed by atoms with E-state index in [1.165, 1.54) is 33.5 Å². The Kier molecular flexibility index (Phi) is 6.51. The van der Waals surface area contributed by atoms with Gasteiger partial charge in [0.05, 0.1) is 0 Å². The first kappa shape index (κ1) is 22.8. The third-order valence-corrected chi connectivity index (χ3v) is 7.06. The molecule has 37 heavy (non-hydrogen) atoms. The fraction of sp³-hybridized carbons (Fsp3) is 0.0556. The molecule has 5 aromatic rings. The molecule has 1 atom stereocenters. The summed E-state index contributed by atoms with van der Waals surface area (Å²) in [7, 11) is 0. The highest BCUT2D eigenvalue weighted by Crippen LogP contribution is 2.41. The summed E-state index contributed by atoms with van der Waals surface area (Å²) in [5.41, 5.74) is 9.86. The van der Waals surface area contributed by atoms with E-state index in [1.807, 2.05) is 0 Å². The molecule has 1 unspecified atom stereocenters. The molecule has 0 saturated carbocycles. The highest BCUT2D eigenvalue weighted by atomic mass is 15.2. The monoisotopic (exact) mass is 475 g/mol. The second-order valence-corrected chi connectivity index (χ2v) is 9.38. The number of hydrogen-bond acceptors (Lipinski definition) is 1. The molecule has 1 aliphatic carbocycles. The number of rotatable bonds is 6. The van der Waals surface area contributed by atoms with Crippen molar-refractivity contribution in [3.05, 3.63) is 169 Å². The average molecular weight is 476 g/mol. The summed E-state index contributed by atoms with van der Waals surface area (Å²) >= 11 is 0. The lowest BCUT2D eigenvalue weighted by Gasteiger charge is -2.34. The Hall–Kier alpha value is -4.62. The van der Waals surface area contributed by atoms with Gasteiger partial charge in [-0.1, -0.05) is 127 Å². The first-order chi connectivity index (χ1) is 18.4. The first-order valence-corrected chi connectivity index (χ1v) is 12.9. The summed E-state index contributed by atoms with van der Waals surface area (Å²) in [4.78, 5) is 2.42. The third kappa shape index (κ3) is 4.90. The number of hydrogen-bond donors (Lipinski definition) is 0. The smallest absolute Gasteiger partial charge is 0.0459 e. The van der Waals surface area contributed by atoms with Gasteiger partial charge in [-0.25, -0.2) is 0 Å². The van der Waals surface area contributed by atoms with Gasteiger partial charge >= 0.3 is 0 Å². The van der Waals surface area contributed by atoms with Crippen LogP contribution in [-0.2, 0) is 0 Å². The zero-order chi connectivity index (χ0) is 24.9. The average Bonchev–Trinajstić information content (AvgIpc) is 3.00. The molecule has 0 aromatic heterocycles. The molecule has 1 aliphatic rings. The van der Waals surface area contributed by atoms with Crippen LogP contribution in [0.5, 0.6) is 0 Å². The highest BCUT2D eigenvalue weighted by Gasteiger charge is 2.25. The summed E-state index contributed by atoms with van der Waals surface area (Å²) in [5.74, 6) is 0.286. The second-order valence-electron chi connectivity index (χ2n) is 9.38. The van der Waals surface area contributed by atoms with E-state index in [2.05, 4.69) is 163 Å². The van der Waals surface area contributed by atoms with Crippen molar-refractivity contribution in [2.75, 3.05) is 4.90 Å². The van der Waals surface area contributed by atoms with Crippen LogP contribution in [0, 0.1) is 0 Å². The van der Waals surface area contributed by atoms with Crippen LogP contribution in [0.4, 0.5) is 11.4 Å². The third-order valence-electron chi connectivity index (χ3n) is 7.06. The van der Waals surface area contributed by atoms with E-state index in [0.717, 1.165) is 17.8 Å². The zero-order valence-corrected chi connectivity index (χ0v) is 20.7. The highest BCUT2D eigenvalue weighted by molar-refractivity contribution is 5.75. The summed E-state index contributed by atoms with van der Waals surface area (Å²) in [6, 6.07) is 49.9. The van der Waals surface area contributed by atoms with E-state index in [9.17, 15) is 0 Å². The molecule has 1 nitrogen and oxygen atoms in total. The van der Waals surface area contributed by atoms with Crippen LogP contribution in [0.25, 0.3) is 22.3 Å². The van der Waals surface area contributed by atoms with Crippen molar-refractivity contribution in [1.82, 2.24) is 0 Å². The van der Waals surface area contributed by atoms with Gasteiger partial charge in [-0.05, 0) is 64.6 Å². The minimum atomic E-state index is 0.286. The van der Waals surface area contributed by atoms with E-state index in [1.54, 1.807) is 0 Å². The molecule has 5 aromatic carbocycles. The van der Waals surface area contributed by atoms with Gasteiger partial charge in [0.25, 0.3) is 0 Å². The largest absolute Gasteiger partial charge is 0.314 e. The molecule has 178 valence electrons. The minimum Gasteiger partial charge on any atom is -0.314 e. The van der Waals surface area contributed by atoms with Gasteiger partial charge in [0.1, 0.15) is 0 Å². The Morgan fingerprint density at radius 3 is 1.38 bits per heavy atom. The standard InChI is InChI=1S/C36H29N/c1-4-12-28(13-5-1)30-20-24-33(25-21-30)37(34-26-22-31(23-27-34)29-14-6-2-7-15-29)36-19-11-10-18-35(36)32-16-8-3-9-17-32/h1-17,19-27,35H,18H2. The van der Waals surface area contributed by atoms with E-state index >= 15 is 0 Å². The summed E-state index contributed by atoms with van der Waals surface area (Å²) in [6.07, 6.45) is 7.72. The van der Waals surface area contributed by atoms with Crippen molar-refractivity contribution < 1.29 is 0 Å². The van der Waals surface area contributed by atoms with Crippen LogP contribution in [0.15, 0.2) is 163 Å². The van der Waals surface area contributed by atoms with Gasteiger partial charge in [0.2, 0.25) is 0 Å². The first-order valence-electron chi connectivity index (χ1n) is 12.9. The van der Waals surface area contributed by atoms with Crippen molar-refractivity contribution in [2.24, 2.45) is 0 Å². The Labute approximate surface area is 219 Å². The van der Waals surface area contributed by atoms with E-state index in [-0.39, 0.29) is 5.92 Å². The fourth-order valence-corrected chi connectivity index (χ4v) is 5.16. The predicted molar refractivity (Wildman–Crippen MR) is 157 cm³/mol. The van der Waals surface area contributed by atoms with Crippen molar-refractivity contribution in [3.8, 4) is 22.3 Å². The van der Waals surface area contributed by atoms with Crippen LogP contribution in [-0.4, -0.2) is 0 Å². The molecule has 0 fully saturated rings. The lowest BCUT2D eigenvalue weighted by atomic mass is 9.88. The Morgan fingerprint density at radius 1 is 0.459 bits per heavy atom. The second kappa shape index (κ2) is 10.6. The Bertz CT molecular complexity index is 1410.